The molecule has 0 atom stereocenters. The number of hydrogen-bond acceptors (Lipinski definition) is 4. The quantitative estimate of drug-likeness (QED) is 0.473. The summed E-state index contributed by atoms with van der Waals surface area (Å²) in [5, 5.41) is 10.1. The number of carboxylic acids is 1. The van der Waals surface area contributed by atoms with E-state index >= 15 is 0 Å². The number of fused-ring (bicyclic) bond motifs is 1. The van der Waals surface area contributed by atoms with Crippen LogP contribution in [-0.2, 0) is 19.6 Å². The number of ether oxygens (including phenoxy) is 1. The van der Waals surface area contributed by atoms with Crippen LogP contribution in [0.4, 0.5) is 0 Å². The van der Waals surface area contributed by atoms with Gasteiger partial charge in [0.05, 0.1) is 6.54 Å². The number of carboxylic acid groups (broad SMARTS) is 1. The van der Waals surface area contributed by atoms with Crippen molar-refractivity contribution in [2.45, 2.75) is 19.6 Å². The molecule has 0 saturated carbocycles. The predicted octanol–water partition coefficient (Wildman–Crippen LogP) is 4.06. The molecule has 29 heavy (non-hydrogen) atoms. The van der Waals surface area contributed by atoms with Crippen molar-refractivity contribution in [3.8, 4) is 5.75 Å². The second kappa shape index (κ2) is 8.24. The molecule has 0 aliphatic carbocycles. The molecule has 0 unspecified atom stereocenters. The summed E-state index contributed by atoms with van der Waals surface area (Å²) in [5.41, 5.74) is 9.05. The molecule has 4 aromatic rings. The van der Waals surface area contributed by atoms with Gasteiger partial charge in [-0.15, -0.1) is 0 Å². The SMILES string of the molecule is NCCc1cn(Cc2ccc(C(=O)O)o2)c2ccc(OCc3ccccc3)cc12. The molecule has 148 valence electrons. The topological polar surface area (TPSA) is 90.6 Å². The number of aromatic carboxylic acids is 1. The van der Waals surface area contributed by atoms with E-state index in [9.17, 15) is 4.79 Å². The van der Waals surface area contributed by atoms with Crippen LogP contribution < -0.4 is 10.5 Å². The number of hydrogen-bond donors (Lipinski definition) is 2. The van der Waals surface area contributed by atoms with E-state index in [1.807, 2.05) is 59.3 Å². The summed E-state index contributed by atoms with van der Waals surface area (Å²) < 4.78 is 13.4. The first kappa shape index (κ1) is 18.8. The number of furan rings is 1. The number of aromatic nitrogens is 1. The molecule has 0 spiro atoms. The second-order valence-corrected chi connectivity index (χ2v) is 6.85. The van der Waals surface area contributed by atoms with Crippen molar-refractivity contribution in [3.63, 3.8) is 0 Å². The van der Waals surface area contributed by atoms with Crippen LogP contribution in [0.15, 0.2) is 71.3 Å². The van der Waals surface area contributed by atoms with Crippen LogP contribution in [0.5, 0.6) is 5.75 Å². The Morgan fingerprint density at radius 1 is 1.10 bits per heavy atom. The van der Waals surface area contributed by atoms with Crippen LogP contribution in [0.1, 0.15) is 27.4 Å². The minimum atomic E-state index is -1.07. The number of benzene rings is 2. The minimum Gasteiger partial charge on any atom is -0.489 e. The molecule has 2 aromatic carbocycles. The molecule has 0 amide bonds. The summed E-state index contributed by atoms with van der Waals surface area (Å²) in [6, 6.07) is 19.2. The molecule has 4 rings (SSSR count). The van der Waals surface area contributed by atoms with Crippen molar-refractivity contribution in [3.05, 3.63) is 89.5 Å². The zero-order valence-corrected chi connectivity index (χ0v) is 15.9. The van der Waals surface area contributed by atoms with E-state index in [4.69, 9.17) is 20.0 Å². The van der Waals surface area contributed by atoms with Crippen molar-refractivity contribution < 1.29 is 19.1 Å². The lowest BCUT2D eigenvalue weighted by Crippen LogP contribution is -2.02. The van der Waals surface area contributed by atoms with E-state index in [0.717, 1.165) is 34.2 Å². The highest BCUT2D eigenvalue weighted by Crippen LogP contribution is 2.28. The minimum absolute atomic E-state index is 0.0600. The first-order valence-electron chi connectivity index (χ1n) is 9.44. The van der Waals surface area contributed by atoms with E-state index in [0.29, 0.717) is 25.5 Å². The van der Waals surface area contributed by atoms with Crippen molar-refractivity contribution >= 4 is 16.9 Å². The Bertz CT molecular complexity index is 1130. The van der Waals surface area contributed by atoms with Gasteiger partial charge in [0.2, 0.25) is 5.76 Å². The Balaban J connectivity index is 1.61. The van der Waals surface area contributed by atoms with Crippen molar-refractivity contribution in [1.82, 2.24) is 4.57 Å². The van der Waals surface area contributed by atoms with Gasteiger partial charge in [-0.05, 0) is 54.4 Å². The monoisotopic (exact) mass is 390 g/mol. The average Bonchev–Trinajstić information content (AvgIpc) is 3.33. The second-order valence-electron chi connectivity index (χ2n) is 6.85. The number of rotatable bonds is 8. The lowest BCUT2D eigenvalue weighted by Gasteiger charge is -2.08. The van der Waals surface area contributed by atoms with Gasteiger partial charge in [0.25, 0.3) is 0 Å². The fraction of sp³-hybridized carbons (Fsp3) is 0.174. The van der Waals surface area contributed by atoms with Crippen molar-refractivity contribution in [1.29, 1.82) is 0 Å². The molecule has 0 bridgehead atoms. The molecule has 6 nitrogen and oxygen atoms in total. The highest BCUT2D eigenvalue weighted by atomic mass is 16.5. The van der Waals surface area contributed by atoms with Crippen molar-refractivity contribution in [2.24, 2.45) is 5.73 Å². The normalized spacial score (nSPS) is 11.1. The van der Waals surface area contributed by atoms with Gasteiger partial charge in [-0.2, -0.15) is 0 Å². The van der Waals surface area contributed by atoms with Gasteiger partial charge in [0.15, 0.2) is 0 Å². The molecule has 2 aromatic heterocycles. The third kappa shape index (κ3) is 4.17. The molecule has 0 saturated heterocycles. The molecule has 2 heterocycles. The zero-order valence-electron chi connectivity index (χ0n) is 15.9. The van der Waals surface area contributed by atoms with Gasteiger partial charge in [0.1, 0.15) is 18.1 Å². The highest BCUT2D eigenvalue weighted by molar-refractivity contribution is 5.86. The lowest BCUT2D eigenvalue weighted by atomic mass is 10.1. The number of nitrogens with zero attached hydrogens (tertiary/aromatic N) is 1. The third-order valence-corrected chi connectivity index (χ3v) is 4.80. The van der Waals surface area contributed by atoms with Gasteiger partial charge in [-0.25, -0.2) is 4.79 Å². The van der Waals surface area contributed by atoms with Crippen LogP contribution in [-0.4, -0.2) is 22.2 Å². The van der Waals surface area contributed by atoms with Crippen LogP contribution in [0, 0.1) is 0 Å². The first-order chi connectivity index (χ1) is 14.1. The summed E-state index contributed by atoms with van der Waals surface area (Å²) in [6.07, 6.45) is 2.78. The van der Waals surface area contributed by atoms with Crippen LogP contribution >= 0.6 is 0 Å². The maximum absolute atomic E-state index is 11.0. The molecule has 0 radical (unpaired) electrons. The van der Waals surface area contributed by atoms with Gasteiger partial charge in [-0.3, -0.25) is 0 Å². The molecular formula is C23H22N2O4. The standard InChI is InChI=1S/C23H22N2O4/c24-11-10-17-13-25(14-19-7-9-22(29-19)23(26)27)21-8-6-18(12-20(17)21)28-15-16-4-2-1-3-5-16/h1-9,12-13H,10-11,14-15,24H2,(H,26,27). The van der Waals surface area contributed by atoms with Gasteiger partial charge in [0, 0.05) is 17.1 Å². The maximum atomic E-state index is 11.0. The van der Waals surface area contributed by atoms with Crippen LogP contribution in [0.2, 0.25) is 0 Å². The molecule has 0 fully saturated rings. The number of carbonyl (C=O) groups is 1. The fourth-order valence-electron chi connectivity index (χ4n) is 3.41. The average molecular weight is 390 g/mol. The summed E-state index contributed by atoms with van der Waals surface area (Å²) in [6.45, 7) is 1.49. The zero-order chi connectivity index (χ0) is 20.2. The summed E-state index contributed by atoms with van der Waals surface area (Å²) in [7, 11) is 0. The molecule has 6 heteroatoms. The third-order valence-electron chi connectivity index (χ3n) is 4.80. The summed E-state index contributed by atoms with van der Waals surface area (Å²) in [4.78, 5) is 11.0. The van der Waals surface area contributed by atoms with E-state index in [2.05, 4.69) is 0 Å². The molecule has 0 aliphatic rings. The van der Waals surface area contributed by atoms with Gasteiger partial charge in [-0.1, -0.05) is 30.3 Å². The van der Waals surface area contributed by atoms with E-state index < -0.39 is 5.97 Å². The van der Waals surface area contributed by atoms with Gasteiger partial charge >= 0.3 is 5.97 Å². The Hall–Kier alpha value is -3.51. The van der Waals surface area contributed by atoms with Crippen LogP contribution in [0.25, 0.3) is 10.9 Å². The number of nitrogens with two attached hydrogens (primary N) is 1. The first-order valence-corrected chi connectivity index (χ1v) is 9.44. The maximum Gasteiger partial charge on any atom is 0.371 e. The fourth-order valence-corrected chi connectivity index (χ4v) is 3.41. The Morgan fingerprint density at radius 3 is 2.66 bits per heavy atom. The Morgan fingerprint density at radius 2 is 1.93 bits per heavy atom. The molecular weight excluding hydrogens is 368 g/mol. The molecule has 3 N–H and O–H groups in total. The van der Waals surface area contributed by atoms with Crippen LogP contribution in [0.3, 0.4) is 0 Å². The largest absolute Gasteiger partial charge is 0.489 e. The summed E-state index contributed by atoms with van der Waals surface area (Å²) >= 11 is 0. The Labute approximate surface area is 168 Å². The van der Waals surface area contributed by atoms with E-state index in [1.54, 1.807) is 6.07 Å². The smallest absolute Gasteiger partial charge is 0.371 e. The summed E-state index contributed by atoms with van der Waals surface area (Å²) in [5.74, 6) is 0.249. The predicted molar refractivity (Wildman–Crippen MR) is 110 cm³/mol. The van der Waals surface area contributed by atoms with Gasteiger partial charge < -0.3 is 24.6 Å². The lowest BCUT2D eigenvalue weighted by molar-refractivity contribution is 0.0660. The Kier molecular flexibility index (Phi) is 5.35. The van der Waals surface area contributed by atoms with Crippen molar-refractivity contribution in [2.75, 3.05) is 6.54 Å². The van der Waals surface area contributed by atoms with E-state index in [-0.39, 0.29) is 5.76 Å². The molecule has 0 aliphatic heterocycles. The highest BCUT2D eigenvalue weighted by Gasteiger charge is 2.13. The van der Waals surface area contributed by atoms with E-state index in [1.165, 1.54) is 6.07 Å².